The van der Waals surface area contributed by atoms with Gasteiger partial charge in [-0.3, -0.25) is 4.90 Å². The minimum Gasteiger partial charge on any atom is -0.389 e. The zero-order valence-electron chi connectivity index (χ0n) is 15.2. The Morgan fingerprint density at radius 3 is 2.64 bits per heavy atom. The fourth-order valence-corrected chi connectivity index (χ4v) is 4.97. The van der Waals surface area contributed by atoms with E-state index in [4.69, 9.17) is 4.74 Å². The second-order valence-electron chi connectivity index (χ2n) is 8.21. The SMILES string of the molecule is OC(COC1CCCCC1)CN1C[C@@H]2C[C@H](C1)N(c1ccccc1)C2. The molecule has 2 aliphatic heterocycles. The quantitative estimate of drug-likeness (QED) is 0.861. The molecule has 3 fully saturated rings. The molecule has 2 heterocycles. The van der Waals surface area contributed by atoms with Gasteiger partial charge in [0.15, 0.2) is 0 Å². The standard InChI is InChI=1S/C21H32N2O2/c24-20(16-25-21-9-5-2-6-10-21)15-22-12-17-11-19(14-22)23(13-17)18-7-3-1-4-8-18/h1,3-4,7-8,17,19-21,24H,2,5-6,9-16H2/t17-,19+,20?/m0/s1. The van der Waals surface area contributed by atoms with Gasteiger partial charge in [0, 0.05) is 37.9 Å². The maximum atomic E-state index is 10.4. The summed E-state index contributed by atoms with van der Waals surface area (Å²) >= 11 is 0. The molecule has 0 amide bonds. The molecule has 0 radical (unpaired) electrons. The second kappa shape index (κ2) is 8.07. The molecule has 0 spiro atoms. The first-order valence-electron chi connectivity index (χ1n) is 10.1. The summed E-state index contributed by atoms with van der Waals surface area (Å²) in [5, 5.41) is 10.4. The Kier molecular flexibility index (Phi) is 5.59. The van der Waals surface area contributed by atoms with Crippen LogP contribution in [0.25, 0.3) is 0 Å². The number of piperidine rings is 1. The Balaban J connectivity index is 1.26. The van der Waals surface area contributed by atoms with Crippen molar-refractivity contribution in [3.63, 3.8) is 0 Å². The average molecular weight is 344 g/mol. The summed E-state index contributed by atoms with van der Waals surface area (Å²) in [5.41, 5.74) is 1.35. The fourth-order valence-electron chi connectivity index (χ4n) is 4.97. The molecule has 1 aliphatic carbocycles. The van der Waals surface area contributed by atoms with Gasteiger partial charge in [0.05, 0.1) is 18.8 Å². The molecule has 1 N–H and O–H groups in total. The highest BCUT2D eigenvalue weighted by Crippen LogP contribution is 2.33. The maximum Gasteiger partial charge on any atom is 0.0900 e. The van der Waals surface area contributed by atoms with Crippen LogP contribution < -0.4 is 4.90 Å². The number of benzene rings is 1. The third kappa shape index (κ3) is 4.36. The molecule has 3 atom stereocenters. The zero-order chi connectivity index (χ0) is 17.1. The van der Waals surface area contributed by atoms with Gasteiger partial charge in [0.25, 0.3) is 0 Å². The van der Waals surface area contributed by atoms with E-state index in [0.717, 1.165) is 32.1 Å². The first-order valence-corrected chi connectivity index (χ1v) is 10.1. The molecule has 2 saturated heterocycles. The molecular formula is C21H32N2O2. The van der Waals surface area contributed by atoms with Crippen LogP contribution in [0.4, 0.5) is 5.69 Å². The van der Waals surface area contributed by atoms with Gasteiger partial charge < -0.3 is 14.7 Å². The largest absolute Gasteiger partial charge is 0.389 e. The van der Waals surface area contributed by atoms with Gasteiger partial charge in [-0.1, -0.05) is 37.5 Å². The fraction of sp³-hybridized carbons (Fsp3) is 0.714. The molecule has 138 valence electrons. The zero-order valence-corrected chi connectivity index (χ0v) is 15.2. The maximum absolute atomic E-state index is 10.4. The van der Waals surface area contributed by atoms with Gasteiger partial charge in [-0.15, -0.1) is 0 Å². The molecule has 4 rings (SSSR count). The van der Waals surface area contributed by atoms with E-state index in [2.05, 4.69) is 40.1 Å². The number of hydrogen-bond acceptors (Lipinski definition) is 4. The van der Waals surface area contributed by atoms with E-state index in [9.17, 15) is 5.11 Å². The van der Waals surface area contributed by atoms with Crippen LogP contribution in [-0.4, -0.2) is 61.0 Å². The number of rotatable bonds is 6. The summed E-state index contributed by atoms with van der Waals surface area (Å²) in [6.45, 7) is 4.58. The number of ether oxygens (including phenoxy) is 1. The number of β-amino-alcohol motifs (C(OH)–C–C–N with tert-alkyl or cyclic N) is 1. The lowest BCUT2D eigenvalue weighted by Crippen LogP contribution is -2.46. The Morgan fingerprint density at radius 2 is 1.84 bits per heavy atom. The number of fused-ring (bicyclic) bond motifs is 2. The predicted octanol–water partition coefficient (Wildman–Crippen LogP) is 2.91. The molecule has 4 heteroatoms. The first kappa shape index (κ1) is 17.3. The Morgan fingerprint density at radius 1 is 1.04 bits per heavy atom. The van der Waals surface area contributed by atoms with Crippen LogP contribution in [-0.2, 0) is 4.74 Å². The number of aliphatic hydroxyl groups is 1. The van der Waals surface area contributed by atoms with Crippen molar-refractivity contribution < 1.29 is 9.84 Å². The third-order valence-electron chi connectivity index (χ3n) is 6.12. The minimum atomic E-state index is -0.357. The van der Waals surface area contributed by atoms with Crippen LogP contribution in [0.1, 0.15) is 38.5 Å². The van der Waals surface area contributed by atoms with Gasteiger partial charge in [-0.05, 0) is 37.3 Å². The highest BCUT2D eigenvalue weighted by Gasteiger charge is 2.38. The normalized spacial score (nSPS) is 29.1. The van der Waals surface area contributed by atoms with Gasteiger partial charge in [0.1, 0.15) is 0 Å². The first-order chi connectivity index (χ1) is 12.3. The molecule has 4 nitrogen and oxygen atoms in total. The summed E-state index contributed by atoms with van der Waals surface area (Å²) < 4.78 is 5.96. The number of aliphatic hydroxyl groups excluding tert-OH is 1. The summed E-state index contributed by atoms with van der Waals surface area (Å²) in [6, 6.07) is 11.4. The van der Waals surface area contributed by atoms with E-state index in [0.29, 0.717) is 18.8 Å². The Labute approximate surface area is 151 Å². The van der Waals surface area contributed by atoms with E-state index in [1.54, 1.807) is 0 Å². The topological polar surface area (TPSA) is 35.9 Å². The molecule has 1 saturated carbocycles. The lowest BCUT2D eigenvalue weighted by atomic mass is 9.98. The molecule has 2 bridgehead atoms. The van der Waals surface area contributed by atoms with Crippen LogP contribution in [0.5, 0.6) is 0 Å². The molecule has 1 aromatic carbocycles. The molecule has 1 unspecified atom stereocenters. The molecular weight excluding hydrogens is 312 g/mol. The lowest BCUT2D eigenvalue weighted by Gasteiger charge is -2.34. The predicted molar refractivity (Wildman–Crippen MR) is 101 cm³/mol. The molecule has 25 heavy (non-hydrogen) atoms. The van der Waals surface area contributed by atoms with E-state index >= 15 is 0 Å². The number of likely N-dealkylation sites (tertiary alicyclic amines) is 1. The van der Waals surface area contributed by atoms with Crippen LogP contribution >= 0.6 is 0 Å². The Hall–Kier alpha value is -1.10. The van der Waals surface area contributed by atoms with Crippen LogP contribution in [0.15, 0.2) is 30.3 Å². The number of anilines is 1. The van der Waals surface area contributed by atoms with Crippen molar-refractivity contribution in [3.05, 3.63) is 30.3 Å². The van der Waals surface area contributed by atoms with Crippen molar-refractivity contribution in [2.45, 2.75) is 56.8 Å². The van der Waals surface area contributed by atoms with Crippen molar-refractivity contribution in [2.75, 3.05) is 37.7 Å². The van der Waals surface area contributed by atoms with E-state index in [-0.39, 0.29) is 6.10 Å². The summed E-state index contributed by atoms with van der Waals surface area (Å²) in [7, 11) is 0. The van der Waals surface area contributed by atoms with E-state index < -0.39 is 0 Å². The third-order valence-corrected chi connectivity index (χ3v) is 6.12. The number of nitrogens with zero attached hydrogens (tertiary/aromatic N) is 2. The monoisotopic (exact) mass is 344 g/mol. The summed E-state index contributed by atoms with van der Waals surface area (Å²) in [5.74, 6) is 0.727. The minimum absolute atomic E-state index is 0.357. The van der Waals surface area contributed by atoms with E-state index in [1.165, 1.54) is 44.2 Å². The van der Waals surface area contributed by atoms with Crippen molar-refractivity contribution in [2.24, 2.45) is 5.92 Å². The van der Waals surface area contributed by atoms with Crippen molar-refractivity contribution in [1.29, 1.82) is 0 Å². The van der Waals surface area contributed by atoms with Gasteiger partial charge in [-0.2, -0.15) is 0 Å². The lowest BCUT2D eigenvalue weighted by molar-refractivity contribution is -0.0357. The number of hydrogen-bond donors (Lipinski definition) is 1. The van der Waals surface area contributed by atoms with Crippen molar-refractivity contribution in [3.8, 4) is 0 Å². The van der Waals surface area contributed by atoms with E-state index in [1.807, 2.05) is 0 Å². The molecule has 0 aromatic heterocycles. The Bertz CT molecular complexity index is 532. The highest BCUT2D eigenvalue weighted by atomic mass is 16.5. The molecule has 1 aromatic rings. The molecule has 3 aliphatic rings. The average Bonchev–Trinajstić information content (AvgIpc) is 2.96. The van der Waals surface area contributed by atoms with Gasteiger partial charge in [0.2, 0.25) is 0 Å². The number of para-hydroxylation sites is 1. The van der Waals surface area contributed by atoms with Gasteiger partial charge in [-0.25, -0.2) is 0 Å². The summed E-state index contributed by atoms with van der Waals surface area (Å²) in [4.78, 5) is 5.02. The van der Waals surface area contributed by atoms with Crippen LogP contribution in [0.3, 0.4) is 0 Å². The summed E-state index contributed by atoms with van der Waals surface area (Å²) in [6.07, 6.45) is 7.58. The van der Waals surface area contributed by atoms with Crippen LogP contribution in [0, 0.1) is 5.92 Å². The second-order valence-corrected chi connectivity index (χ2v) is 8.21. The van der Waals surface area contributed by atoms with Gasteiger partial charge >= 0.3 is 0 Å². The highest BCUT2D eigenvalue weighted by molar-refractivity contribution is 5.48. The van der Waals surface area contributed by atoms with Crippen molar-refractivity contribution >= 4 is 5.69 Å². The van der Waals surface area contributed by atoms with Crippen molar-refractivity contribution in [1.82, 2.24) is 4.90 Å². The van der Waals surface area contributed by atoms with Crippen LogP contribution in [0.2, 0.25) is 0 Å². The smallest absolute Gasteiger partial charge is 0.0900 e.